The van der Waals surface area contributed by atoms with E-state index in [0.29, 0.717) is 5.82 Å². The van der Waals surface area contributed by atoms with E-state index in [1.807, 2.05) is 0 Å². The average Bonchev–Trinajstić information content (AvgIpc) is 2.49. The highest BCUT2D eigenvalue weighted by Crippen LogP contribution is 2.19. The van der Waals surface area contributed by atoms with Crippen molar-refractivity contribution in [3.05, 3.63) is 21.8 Å². The molecule has 2 rings (SSSR count). The molecule has 2 aromatic rings. The van der Waals surface area contributed by atoms with E-state index in [-0.39, 0.29) is 0 Å². The summed E-state index contributed by atoms with van der Waals surface area (Å²) in [6.45, 7) is 1.68. The number of aromatic amines is 1. The van der Waals surface area contributed by atoms with Gasteiger partial charge in [0.05, 0.1) is 15.3 Å². The van der Waals surface area contributed by atoms with Crippen molar-refractivity contribution in [1.82, 2.24) is 15.0 Å². The van der Waals surface area contributed by atoms with Gasteiger partial charge in [0.25, 0.3) is 0 Å². The molecule has 0 saturated heterocycles. The number of aliphatic hydroxyl groups is 1. The van der Waals surface area contributed by atoms with E-state index in [1.54, 1.807) is 19.3 Å². The third-order valence-corrected chi connectivity index (χ3v) is 2.55. The lowest BCUT2D eigenvalue weighted by molar-refractivity contribution is 0.190. The quantitative estimate of drug-likeness (QED) is 0.784. The van der Waals surface area contributed by atoms with Gasteiger partial charge >= 0.3 is 0 Å². The molecule has 5 heteroatoms. The molecule has 0 aliphatic rings. The van der Waals surface area contributed by atoms with Crippen LogP contribution in [0.4, 0.5) is 0 Å². The smallest absolute Gasteiger partial charge is 0.136 e. The molecule has 0 fully saturated rings. The number of fused-ring (bicyclic) bond motifs is 1. The predicted molar refractivity (Wildman–Crippen MR) is 57.2 cm³/mol. The molecular formula is C8H8IN3O. The zero-order valence-corrected chi connectivity index (χ0v) is 9.11. The SMILES string of the molecule is CC(O)c1nc2c(I)cncc2[nH]1. The molecule has 0 bridgehead atoms. The standard InChI is InChI=1S/C8H8IN3O/c1-4(13)8-11-6-3-10-2-5(9)7(6)12-8/h2-4,13H,1H3,(H,11,12). The normalized spacial score (nSPS) is 13.5. The highest BCUT2D eigenvalue weighted by molar-refractivity contribution is 14.1. The zero-order valence-electron chi connectivity index (χ0n) is 6.95. The summed E-state index contributed by atoms with van der Waals surface area (Å²) in [4.78, 5) is 11.3. The van der Waals surface area contributed by atoms with Gasteiger partial charge in [-0.25, -0.2) is 4.98 Å². The summed E-state index contributed by atoms with van der Waals surface area (Å²) in [5, 5.41) is 9.30. The minimum Gasteiger partial charge on any atom is -0.385 e. The number of nitrogens with one attached hydrogen (secondary N) is 1. The Labute approximate surface area is 88.5 Å². The molecule has 0 radical (unpaired) electrons. The van der Waals surface area contributed by atoms with Crippen LogP contribution in [0.2, 0.25) is 0 Å². The van der Waals surface area contributed by atoms with Crippen LogP contribution in [0, 0.1) is 3.57 Å². The van der Waals surface area contributed by atoms with E-state index in [2.05, 4.69) is 37.5 Å². The van der Waals surface area contributed by atoms with Gasteiger partial charge in [0.1, 0.15) is 17.4 Å². The minimum absolute atomic E-state index is 0.566. The Bertz CT molecular complexity index is 438. The van der Waals surface area contributed by atoms with Crippen LogP contribution in [0.15, 0.2) is 12.4 Å². The summed E-state index contributed by atoms with van der Waals surface area (Å²) in [6, 6.07) is 0. The molecule has 68 valence electrons. The number of halogens is 1. The van der Waals surface area contributed by atoms with Gasteiger partial charge in [0.15, 0.2) is 0 Å². The highest BCUT2D eigenvalue weighted by Gasteiger charge is 2.09. The third kappa shape index (κ3) is 1.53. The topological polar surface area (TPSA) is 61.8 Å². The molecule has 2 heterocycles. The molecule has 2 aromatic heterocycles. The van der Waals surface area contributed by atoms with Gasteiger partial charge in [-0.3, -0.25) is 4.98 Å². The Morgan fingerprint density at radius 3 is 2.92 bits per heavy atom. The first-order chi connectivity index (χ1) is 6.18. The van der Waals surface area contributed by atoms with E-state index in [4.69, 9.17) is 0 Å². The first kappa shape index (κ1) is 8.89. The van der Waals surface area contributed by atoms with Crippen LogP contribution in [-0.4, -0.2) is 20.1 Å². The van der Waals surface area contributed by atoms with E-state index in [0.717, 1.165) is 14.6 Å². The van der Waals surface area contributed by atoms with E-state index in [1.165, 1.54) is 0 Å². The number of rotatable bonds is 1. The van der Waals surface area contributed by atoms with Crippen LogP contribution in [0.25, 0.3) is 11.0 Å². The minimum atomic E-state index is -0.566. The second-order valence-electron chi connectivity index (χ2n) is 2.82. The molecule has 1 unspecified atom stereocenters. The Morgan fingerprint density at radius 1 is 1.54 bits per heavy atom. The van der Waals surface area contributed by atoms with E-state index >= 15 is 0 Å². The number of imidazole rings is 1. The van der Waals surface area contributed by atoms with Crippen LogP contribution >= 0.6 is 22.6 Å². The van der Waals surface area contributed by atoms with Gasteiger partial charge < -0.3 is 10.1 Å². The first-order valence-electron chi connectivity index (χ1n) is 3.85. The van der Waals surface area contributed by atoms with Gasteiger partial charge in [-0.2, -0.15) is 0 Å². The molecule has 0 aromatic carbocycles. The second kappa shape index (κ2) is 3.22. The zero-order chi connectivity index (χ0) is 9.42. The Hall–Kier alpha value is -0.690. The van der Waals surface area contributed by atoms with Crippen LogP contribution in [0.3, 0.4) is 0 Å². The van der Waals surface area contributed by atoms with Gasteiger partial charge in [-0.15, -0.1) is 0 Å². The van der Waals surface area contributed by atoms with Gasteiger partial charge in [-0.05, 0) is 29.5 Å². The summed E-state index contributed by atoms with van der Waals surface area (Å²) in [5.41, 5.74) is 1.73. The van der Waals surface area contributed by atoms with Crippen molar-refractivity contribution in [2.45, 2.75) is 13.0 Å². The average molecular weight is 289 g/mol. The molecule has 1 atom stereocenters. The number of aromatic nitrogens is 3. The third-order valence-electron chi connectivity index (χ3n) is 1.76. The first-order valence-corrected chi connectivity index (χ1v) is 4.93. The number of hydrogen-bond donors (Lipinski definition) is 2. The van der Waals surface area contributed by atoms with E-state index < -0.39 is 6.10 Å². The van der Waals surface area contributed by atoms with Crippen molar-refractivity contribution < 1.29 is 5.11 Å². The lowest BCUT2D eigenvalue weighted by Crippen LogP contribution is -1.92. The monoisotopic (exact) mass is 289 g/mol. The fraction of sp³-hybridized carbons (Fsp3) is 0.250. The van der Waals surface area contributed by atoms with Crippen LogP contribution in [0.5, 0.6) is 0 Å². The van der Waals surface area contributed by atoms with E-state index in [9.17, 15) is 5.11 Å². The summed E-state index contributed by atoms with van der Waals surface area (Å²) < 4.78 is 0.984. The fourth-order valence-corrected chi connectivity index (χ4v) is 1.69. The van der Waals surface area contributed by atoms with Crippen LogP contribution in [-0.2, 0) is 0 Å². The molecule has 0 spiro atoms. The lowest BCUT2D eigenvalue weighted by Gasteiger charge is -1.95. The van der Waals surface area contributed by atoms with Crippen molar-refractivity contribution >= 4 is 33.6 Å². The Balaban J connectivity index is 2.68. The molecule has 0 amide bonds. The predicted octanol–water partition coefficient (Wildman–Crippen LogP) is 1.62. The van der Waals surface area contributed by atoms with Crippen molar-refractivity contribution in [3.8, 4) is 0 Å². The maximum atomic E-state index is 9.30. The maximum Gasteiger partial charge on any atom is 0.136 e. The Morgan fingerprint density at radius 2 is 2.31 bits per heavy atom. The lowest BCUT2D eigenvalue weighted by atomic mass is 10.4. The fourth-order valence-electron chi connectivity index (χ4n) is 1.12. The van der Waals surface area contributed by atoms with Gasteiger partial charge in [-0.1, -0.05) is 0 Å². The van der Waals surface area contributed by atoms with Crippen molar-refractivity contribution in [1.29, 1.82) is 0 Å². The van der Waals surface area contributed by atoms with Crippen LogP contribution < -0.4 is 0 Å². The van der Waals surface area contributed by atoms with Crippen molar-refractivity contribution in [2.24, 2.45) is 0 Å². The Kier molecular flexibility index (Phi) is 2.20. The summed E-state index contributed by atoms with van der Waals surface area (Å²) in [7, 11) is 0. The number of aliphatic hydroxyl groups excluding tert-OH is 1. The summed E-state index contributed by atoms with van der Waals surface area (Å²) in [5.74, 6) is 0.584. The van der Waals surface area contributed by atoms with Crippen molar-refractivity contribution in [2.75, 3.05) is 0 Å². The summed E-state index contributed by atoms with van der Waals surface area (Å²) in [6.07, 6.45) is 2.88. The second-order valence-corrected chi connectivity index (χ2v) is 3.98. The molecular weight excluding hydrogens is 281 g/mol. The molecule has 13 heavy (non-hydrogen) atoms. The van der Waals surface area contributed by atoms with Gasteiger partial charge in [0.2, 0.25) is 0 Å². The highest BCUT2D eigenvalue weighted by atomic mass is 127. The largest absolute Gasteiger partial charge is 0.385 e. The number of H-pyrrole nitrogens is 1. The number of nitrogens with zero attached hydrogens (tertiary/aromatic N) is 2. The molecule has 2 N–H and O–H groups in total. The van der Waals surface area contributed by atoms with Gasteiger partial charge in [0, 0.05) is 6.20 Å². The van der Waals surface area contributed by atoms with Crippen LogP contribution in [0.1, 0.15) is 18.9 Å². The summed E-state index contributed by atoms with van der Waals surface area (Å²) >= 11 is 2.17. The molecule has 0 aliphatic carbocycles. The molecule has 4 nitrogen and oxygen atoms in total. The maximum absolute atomic E-state index is 9.30. The number of pyridine rings is 1. The number of hydrogen-bond acceptors (Lipinski definition) is 3. The van der Waals surface area contributed by atoms with Crippen molar-refractivity contribution in [3.63, 3.8) is 0 Å². The molecule has 0 aliphatic heterocycles. The molecule has 0 saturated carbocycles.